The van der Waals surface area contributed by atoms with Gasteiger partial charge in [0.2, 0.25) is 5.88 Å². The summed E-state index contributed by atoms with van der Waals surface area (Å²) in [4.78, 5) is 12.3. The Kier molecular flexibility index (Phi) is 3.50. The molecule has 0 saturated heterocycles. The molecule has 0 radical (unpaired) electrons. The molecule has 4 rings (SSSR count). The Labute approximate surface area is 140 Å². The van der Waals surface area contributed by atoms with Crippen molar-refractivity contribution >= 4 is 11.0 Å². The summed E-state index contributed by atoms with van der Waals surface area (Å²) in [6.45, 7) is 2.05. The number of ether oxygens (including phenoxy) is 1. The van der Waals surface area contributed by atoms with Crippen LogP contribution < -0.4 is 4.74 Å². The number of benzene rings is 1. The fraction of sp³-hybridized carbons (Fsp3) is 0.100. The molecule has 0 fully saturated rings. The van der Waals surface area contributed by atoms with Crippen LogP contribution in [0.3, 0.4) is 0 Å². The summed E-state index contributed by atoms with van der Waals surface area (Å²) in [5.74, 6) is 0.623. The van der Waals surface area contributed by atoms with Gasteiger partial charge in [-0.05, 0) is 30.2 Å². The molecule has 24 heavy (non-hydrogen) atoms. The number of nitrogens with one attached hydrogen (secondary N) is 1. The minimum absolute atomic E-state index is 0.623. The van der Waals surface area contributed by atoms with Crippen molar-refractivity contribution < 1.29 is 4.74 Å². The standard InChI is InChI=1S/C20H17N3O/c1-13-8-19(24-2)21-12-17(13)16-9-15-10-18(23-20(15)22-11-16)14-6-4-3-5-7-14/h3-12H,1-2H3,(H,22,23). The van der Waals surface area contributed by atoms with Crippen LogP contribution in [0.2, 0.25) is 0 Å². The van der Waals surface area contributed by atoms with E-state index >= 15 is 0 Å². The Bertz CT molecular complexity index is 1010. The first kappa shape index (κ1) is 14.5. The van der Waals surface area contributed by atoms with E-state index in [0.29, 0.717) is 5.88 Å². The molecule has 0 aliphatic carbocycles. The highest BCUT2D eigenvalue weighted by Gasteiger charge is 2.09. The molecule has 4 aromatic rings. The number of H-pyrrole nitrogens is 1. The lowest BCUT2D eigenvalue weighted by atomic mass is 10.0. The molecule has 0 bridgehead atoms. The number of methoxy groups -OCH3 is 1. The molecule has 0 atom stereocenters. The maximum absolute atomic E-state index is 5.18. The number of fused-ring (bicyclic) bond motifs is 1. The molecule has 4 heteroatoms. The summed E-state index contributed by atoms with van der Waals surface area (Å²) in [6.07, 6.45) is 3.71. The minimum atomic E-state index is 0.623. The second-order valence-corrected chi connectivity index (χ2v) is 5.75. The van der Waals surface area contributed by atoms with E-state index in [1.54, 1.807) is 7.11 Å². The average molecular weight is 315 g/mol. The normalized spacial score (nSPS) is 10.9. The van der Waals surface area contributed by atoms with Gasteiger partial charge in [0.1, 0.15) is 5.65 Å². The third-order valence-electron chi connectivity index (χ3n) is 4.16. The van der Waals surface area contributed by atoms with Crippen LogP contribution >= 0.6 is 0 Å². The second kappa shape index (κ2) is 5.81. The maximum Gasteiger partial charge on any atom is 0.213 e. The molecule has 0 amide bonds. The van der Waals surface area contributed by atoms with E-state index in [0.717, 1.165) is 39.0 Å². The molecule has 1 N–H and O–H groups in total. The van der Waals surface area contributed by atoms with Crippen molar-refractivity contribution in [1.29, 1.82) is 0 Å². The zero-order valence-electron chi connectivity index (χ0n) is 13.6. The Balaban J connectivity index is 1.79. The summed E-state index contributed by atoms with van der Waals surface area (Å²) >= 11 is 0. The van der Waals surface area contributed by atoms with E-state index in [-0.39, 0.29) is 0 Å². The van der Waals surface area contributed by atoms with E-state index in [1.165, 1.54) is 0 Å². The topological polar surface area (TPSA) is 50.8 Å². The molecule has 0 spiro atoms. The minimum Gasteiger partial charge on any atom is -0.481 e. The number of aromatic amines is 1. The van der Waals surface area contributed by atoms with Gasteiger partial charge in [-0.1, -0.05) is 30.3 Å². The first-order valence-electron chi connectivity index (χ1n) is 7.80. The number of hydrogen-bond donors (Lipinski definition) is 1. The zero-order chi connectivity index (χ0) is 16.5. The lowest BCUT2D eigenvalue weighted by Gasteiger charge is -2.07. The van der Waals surface area contributed by atoms with E-state index in [1.807, 2.05) is 36.7 Å². The molecular weight excluding hydrogens is 298 g/mol. The highest BCUT2D eigenvalue weighted by Crippen LogP contribution is 2.29. The Morgan fingerprint density at radius 1 is 0.917 bits per heavy atom. The first-order valence-corrected chi connectivity index (χ1v) is 7.80. The van der Waals surface area contributed by atoms with Gasteiger partial charge in [0.05, 0.1) is 7.11 Å². The predicted octanol–water partition coefficient (Wildman–Crippen LogP) is 4.61. The second-order valence-electron chi connectivity index (χ2n) is 5.75. The molecule has 0 aliphatic heterocycles. The summed E-state index contributed by atoms with van der Waals surface area (Å²) in [7, 11) is 1.62. The van der Waals surface area contributed by atoms with E-state index in [9.17, 15) is 0 Å². The van der Waals surface area contributed by atoms with Crippen molar-refractivity contribution in [2.24, 2.45) is 0 Å². The molecule has 3 heterocycles. The molecule has 0 aliphatic rings. The van der Waals surface area contributed by atoms with Crippen molar-refractivity contribution in [2.45, 2.75) is 6.92 Å². The summed E-state index contributed by atoms with van der Waals surface area (Å²) in [6, 6.07) is 16.5. The van der Waals surface area contributed by atoms with Crippen LogP contribution in [0.25, 0.3) is 33.4 Å². The van der Waals surface area contributed by atoms with Gasteiger partial charge in [-0.2, -0.15) is 0 Å². The van der Waals surface area contributed by atoms with Crippen molar-refractivity contribution in [3.05, 3.63) is 66.5 Å². The van der Waals surface area contributed by atoms with Crippen LogP contribution in [0, 0.1) is 6.92 Å². The number of hydrogen-bond acceptors (Lipinski definition) is 3. The first-order chi connectivity index (χ1) is 11.7. The molecular formula is C20H17N3O. The number of nitrogens with zero attached hydrogens (tertiary/aromatic N) is 2. The summed E-state index contributed by atoms with van der Waals surface area (Å²) in [5.41, 5.74) is 6.33. The van der Waals surface area contributed by atoms with Crippen LogP contribution in [0.15, 0.2) is 60.9 Å². The lowest BCUT2D eigenvalue weighted by molar-refractivity contribution is 0.397. The SMILES string of the molecule is COc1cc(C)c(-c2cnc3[nH]c(-c4ccccc4)cc3c2)cn1. The van der Waals surface area contributed by atoms with Gasteiger partial charge < -0.3 is 9.72 Å². The highest BCUT2D eigenvalue weighted by atomic mass is 16.5. The Morgan fingerprint density at radius 3 is 2.50 bits per heavy atom. The van der Waals surface area contributed by atoms with Crippen molar-refractivity contribution in [3.63, 3.8) is 0 Å². The van der Waals surface area contributed by atoms with Gasteiger partial charge in [0.15, 0.2) is 0 Å². The van der Waals surface area contributed by atoms with Crippen LogP contribution in [0.1, 0.15) is 5.56 Å². The third-order valence-corrected chi connectivity index (χ3v) is 4.16. The molecule has 0 unspecified atom stereocenters. The Morgan fingerprint density at radius 2 is 1.75 bits per heavy atom. The maximum atomic E-state index is 5.18. The number of pyridine rings is 2. The van der Waals surface area contributed by atoms with Crippen molar-refractivity contribution in [3.8, 4) is 28.3 Å². The molecule has 1 aromatic carbocycles. The summed E-state index contributed by atoms with van der Waals surface area (Å²) < 4.78 is 5.18. The van der Waals surface area contributed by atoms with Crippen molar-refractivity contribution in [1.82, 2.24) is 15.0 Å². The van der Waals surface area contributed by atoms with E-state index < -0.39 is 0 Å². The summed E-state index contributed by atoms with van der Waals surface area (Å²) in [5, 5.41) is 1.08. The quantitative estimate of drug-likeness (QED) is 0.600. The van der Waals surface area contributed by atoms with E-state index in [2.05, 4.69) is 46.1 Å². The van der Waals surface area contributed by atoms with Gasteiger partial charge in [-0.25, -0.2) is 9.97 Å². The lowest BCUT2D eigenvalue weighted by Crippen LogP contribution is -1.91. The number of rotatable bonds is 3. The predicted molar refractivity (Wildman–Crippen MR) is 96.0 cm³/mol. The van der Waals surface area contributed by atoms with Crippen molar-refractivity contribution in [2.75, 3.05) is 7.11 Å². The van der Waals surface area contributed by atoms with Crippen LogP contribution in [-0.2, 0) is 0 Å². The fourth-order valence-corrected chi connectivity index (χ4v) is 2.88. The largest absolute Gasteiger partial charge is 0.481 e. The van der Waals surface area contributed by atoms with Gasteiger partial charge in [-0.15, -0.1) is 0 Å². The van der Waals surface area contributed by atoms with Gasteiger partial charge in [0.25, 0.3) is 0 Å². The number of aryl methyl sites for hydroxylation is 1. The number of aromatic nitrogens is 3. The third kappa shape index (κ3) is 2.52. The zero-order valence-corrected chi connectivity index (χ0v) is 13.6. The average Bonchev–Trinajstić information content (AvgIpc) is 3.05. The monoisotopic (exact) mass is 315 g/mol. The fourth-order valence-electron chi connectivity index (χ4n) is 2.88. The van der Waals surface area contributed by atoms with Gasteiger partial charge in [0, 0.05) is 40.7 Å². The molecule has 4 nitrogen and oxygen atoms in total. The van der Waals surface area contributed by atoms with Crippen LogP contribution in [0.4, 0.5) is 0 Å². The Hall–Kier alpha value is -3.14. The van der Waals surface area contributed by atoms with Crippen LogP contribution in [0.5, 0.6) is 5.88 Å². The van der Waals surface area contributed by atoms with E-state index in [4.69, 9.17) is 4.74 Å². The molecule has 3 aromatic heterocycles. The molecule has 118 valence electrons. The van der Waals surface area contributed by atoms with Crippen LogP contribution in [-0.4, -0.2) is 22.1 Å². The smallest absolute Gasteiger partial charge is 0.213 e. The highest BCUT2D eigenvalue weighted by molar-refractivity contribution is 5.86. The van der Waals surface area contributed by atoms with Gasteiger partial charge in [-0.3, -0.25) is 0 Å². The molecule has 0 saturated carbocycles. The van der Waals surface area contributed by atoms with Gasteiger partial charge >= 0.3 is 0 Å².